The van der Waals surface area contributed by atoms with Gasteiger partial charge in [-0.05, 0) is 43.1 Å². The molecule has 17 heavy (non-hydrogen) atoms. The number of hydrogen-bond donors (Lipinski definition) is 2. The molecule has 0 spiro atoms. The highest BCUT2D eigenvalue weighted by Gasteiger charge is 2.21. The van der Waals surface area contributed by atoms with Crippen molar-refractivity contribution in [1.29, 1.82) is 0 Å². The third-order valence-corrected chi connectivity index (χ3v) is 3.68. The van der Waals surface area contributed by atoms with Crippen molar-refractivity contribution in [2.24, 2.45) is 5.92 Å². The molecule has 3 heteroatoms. The fourth-order valence-electron chi connectivity index (χ4n) is 2.39. The van der Waals surface area contributed by atoms with E-state index >= 15 is 0 Å². The van der Waals surface area contributed by atoms with Gasteiger partial charge in [-0.3, -0.25) is 0 Å². The summed E-state index contributed by atoms with van der Waals surface area (Å²) in [5, 5.41) is 7.41. The average Bonchev–Trinajstić information content (AvgIpc) is 2.33. The van der Waals surface area contributed by atoms with Crippen molar-refractivity contribution >= 4 is 23.0 Å². The summed E-state index contributed by atoms with van der Waals surface area (Å²) in [4.78, 5) is 0. The Kier molecular flexibility index (Phi) is 4.37. The van der Waals surface area contributed by atoms with Crippen molar-refractivity contribution in [1.82, 2.24) is 5.32 Å². The number of rotatable bonds is 2. The fraction of sp³-hybridized carbons (Fsp3) is 0.500. The first-order valence-corrected chi connectivity index (χ1v) is 6.79. The Morgan fingerprint density at radius 3 is 2.59 bits per heavy atom. The Labute approximate surface area is 109 Å². The van der Waals surface area contributed by atoms with E-state index in [-0.39, 0.29) is 0 Å². The summed E-state index contributed by atoms with van der Waals surface area (Å²) in [6, 6.07) is 10.6. The number of benzene rings is 1. The van der Waals surface area contributed by atoms with Gasteiger partial charge < -0.3 is 10.6 Å². The van der Waals surface area contributed by atoms with Crippen LogP contribution in [0, 0.1) is 5.92 Å². The molecule has 0 aromatic heterocycles. The first-order valence-electron chi connectivity index (χ1n) is 6.38. The number of nitrogens with one attached hydrogen (secondary N) is 2. The van der Waals surface area contributed by atoms with Gasteiger partial charge in [0, 0.05) is 11.7 Å². The molecule has 2 N–H and O–H groups in total. The number of anilines is 1. The van der Waals surface area contributed by atoms with Crippen molar-refractivity contribution in [3.63, 3.8) is 0 Å². The third-order valence-electron chi connectivity index (χ3n) is 3.46. The molecule has 1 aromatic carbocycles. The van der Waals surface area contributed by atoms with Crippen LogP contribution in [0.3, 0.4) is 0 Å². The summed E-state index contributed by atoms with van der Waals surface area (Å²) in [7, 11) is 0. The summed E-state index contributed by atoms with van der Waals surface area (Å²) >= 11 is 5.35. The summed E-state index contributed by atoms with van der Waals surface area (Å²) < 4.78 is 0. The van der Waals surface area contributed by atoms with E-state index in [1.54, 1.807) is 0 Å². The predicted molar refractivity (Wildman–Crippen MR) is 77.2 cm³/mol. The lowest BCUT2D eigenvalue weighted by Gasteiger charge is -2.30. The maximum Gasteiger partial charge on any atom is 0.171 e. The first kappa shape index (κ1) is 12.4. The lowest BCUT2D eigenvalue weighted by atomic mass is 9.86. The number of hydrogen-bond acceptors (Lipinski definition) is 1. The molecule has 0 unspecified atom stereocenters. The van der Waals surface area contributed by atoms with Crippen LogP contribution < -0.4 is 10.6 Å². The standard InChI is InChI=1S/C14H20N2S/c1-11-7-5-6-10-13(11)16-14(17)15-12-8-3-2-4-9-12/h2-4,8-9,11,13H,5-7,10H2,1H3,(H2,15,16,17)/t11-,13-/m0/s1. The van der Waals surface area contributed by atoms with E-state index in [1.807, 2.05) is 30.3 Å². The van der Waals surface area contributed by atoms with Gasteiger partial charge in [0.1, 0.15) is 0 Å². The van der Waals surface area contributed by atoms with E-state index < -0.39 is 0 Å². The molecule has 0 bridgehead atoms. The molecule has 0 amide bonds. The average molecular weight is 248 g/mol. The Balaban J connectivity index is 1.84. The second-order valence-electron chi connectivity index (χ2n) is 4.83. The van der Waals surface area contributed by atoms with Crippen LogP contribution in [0.25, 0.3) is 0 Å². The van der Waals surface area contributed by atoms with Crippen LogP contribution in [0.4, 0.5) is 5.69 Å². The van der Waals surface area contributed by atoms with Gasteiger partial charge in [0.15, 0.2) is 5.11 Å². The van der Waals surface area contributed by atoms with Crippen LogP contribution in [0.1, 0.15) is 32.6 Å². The molecule has 2 rings (SSSR count). The minimum atomic E-state index is 0.535. The summed E-state index contributed by atoms with van der Waals surface area (Å²) in [6.07, 6.45) is 5.22. The molecule has 2 atom stereocenters. The Morgan fingerprint density at radius 2 is 1.88 bits per heavy atom. The van der Waals surface area contributed by atoms with Gasteiger partial charge in [-0.25, -0.2) is 0 Å². The largest absolute Gasteiger partial charge is 0.359 e. The lowest BCUT2D eigenvalue weighted by Crippen LogP contribution is -2.43. The molecule has 0 radical (unpaired) electrons. The Bertz CT molecular complexity index is 364. The maximum atomic E-state index is 5.35. The molecule has 2 nitrogen and oxygen atoms in total. The monoisotopic (exact) mass is 248 g/mol. The Hall–Kier alpha value is -1.09. The maximum absolute atomic E-state index is 5.35. The van der Waals surface area contributed by atoms with Crippen LogP contribution in [-0.4, -0.2) is 11.2 Å². The molecule has 1 aromatic rings. The van der Waals surface area contributed by atoms with Crippen molar-refractivity contribution in [2.45, 2.75) is 38.6 Å². The van der Waals surface area contributed by atoms with E-state index in [9.17, 15) is 0 Å². The predicted octanol–water partition coefficient (Wildman–Crippen LogP) is 3.55. The van der Waals surface area contributed by atoms with Gasteiger partial charge in [-0.15, -0.1) is 0 Å². The van der Waals surface area contributed by atoms with Crippen LogP contribution in [0.2, 0.25) is 0 Å². The zero-order valence-electron chi connectivity index (χ0n) is 10.3. The van der Waals surface area contributed by atoms with Crippen molar-refractivity contribution in [2.75, 3.05) is 5.32 Å². The number of thiocarbonyl (C=S) groups is 1. The number of para-hydroxylation sites is 1. The van der Waals surface area contributed by atoms with Gasteiger partial charge >= 0.3 is 0 Å². The molecule has 1 fully saturated rings. The lowest BCUT2D eigenvalue weighted by molar-refractivity contribution is 0.309. The van der Waals surface area contributed by atoms with Crippen molar-refractivity contribution in [3.8, 4) is 0 Å². The molecule has 0 saturated heterocycles. The highest BCUT2D eigenvalue weighted by molar-refractivity contribution is 7.80. The minimum Gasteiger partial charge on any atom is -0.359 e. The molecule has 1 aliphatic carbocycles. The van der Waals surface area contributed by atoms with Crippen LogP contribution >= 0.6 is 12.2 Å². The first-order chi connectivity index (χ1) is 8.25. The van der Waals surface area contributed by atoms with Crippen molar-refractivity contribution < 1.29 is 0 Å². The van der Waals surface area contributed by atoms with Gasteiger partial charge in [-0.1, -0.05) is 38.0 Å². The summed E-state index contributed by atoms with van der Waals surface area (Å²) in [5.74, 6) is 0.722. The summed E-state index contributed by atoms with van der Waals surface area (Å²) in [5.41, 5.74) is 1.05. The highest BCUT2D eigenvalue weighted by atomic mass is 32.1. The van der Waals surface area contributed by atoms with E-state index in [2.05, 4.69) is 17.6 Å². The van der Waals surface area contributed by atoms with E-state index in [0.29, 0.717) is 6.04 Å². The molecule has 1 saturated carbocycles. The molecular formula is C14H20N2S. The van der Waals surface area contributed by atoms with Crippen molar-refractivity contribution in [3.05, 3.63) is 30.3 Å². The molecule has 1 aliphatic rings. The van der Waals surface area contributed by atoms with Crippen LogP contribution in [0.5, 0.6) is 0 Å². The van der Waals surface area contributed by atoms with Gasteiger partial charge in [0.2, 0.25) is 0 Å². The zero-order chi connectivity index (χ0) is 12.1. The van der Waals surface area contributed by atoms with E-state index in [1.165, 1.54) is 25.7 Å². The molecule has 92 valence electrons. The van der Waals surface area contributed by atoms with Crippen LogP contribution in [0.15, 0.2) is 30.3 Å². The quantitative estimate of drug-likeness (QED) is 0.783. The smallest absolute Gasteiger partial charge is 0.171 e. The molecular weight excluding hydrogens is 228 g/mol. The second kappa shape index (κ2) is 6.01. The van der Waals surface area contributed by atoms with Gasteiger partial charge in [0.25, 0.3) is 0 Å². The minimum absolute atomic E-state index is 0.535. The SMILES string of the molecule is C[C@H]1CCCC[C@@H]1NC(=S)Nc1ccccc1. The van der Waals surface area contributed by atoms with E-state index in [4.69, 9.17) is 12.2 Å². The van der Waals surface area contributed by atoms with Gasteiger partial charge in [0.05, 0.1) is 0 Å². The highest BCUT2D eigenvalue weighted by Crippen LogP contribution is 2.23. The topological polar surface area (TPSA) is 24.1 Å². The van der Waals surface area contributed by atoms with E-state index in [0.717, 1.165) is 16.7 Å². The Morgan fingerprint density at radius 1 is 1.18 bits per heavy atom. The fourth-order valence-corrected chi connectivity index (χ4v) is 2.66. The third kappa shape index (κ3) is 3.70. The summed E-state index contributed by atoms with van der Waals surface area (Å²) in [6.45, 7) is 2.31. The second-order valence-corrected chi connectivity index (χ2v) is 5.24. The zero-order valence-corrected chi connectivity index (χ0v) is 11.1. The normalized spacial score (nSPS) is 24.1. The van der Waals surface area contributed by atoms with Crippen LogP contribution in [-0.2, 0) is 0 Å². The molecule has 0 heterocycles. The molecule has 0 aliphatic heterocycles. The van der Waals surface area contributed by atoms with Gasteiger partial charge in [-0.2, -0.15) is 0 Å².